The van der Waals surface area contributed by atoms with Gasteiger partial charge in [0, 0.05) is 31.7 Å². The number of rotatable bonds is 3. The van der Waals surface area contributed by atoms with Crippen molar-refractivity contribution in [1.82, 2.24) is 29.9 Å². The van der Waals surface area contributed by atoms with Crippen molar-refractivity contribution in [3.63, 3.8) is 0 Å². The van der Waals surface area contributed by atoms with Gasteiger partial charge in [0.25, 0.3) is 5.91 Å². The minimum absolute atomic E-state index is 0.0808. The summed E-state index contributed by atoms with van der Waals surface area (Å²) in [6, 6.07) is 11.5. The summed E-state index contributed by atoms with van der Waals surface area (Å²) in [7, 11) is 0. The highest BCUT2D eigenvalue weighted by Gasteiger charge is 2.23. The molecule has 0 N–H and O–H groups in total. The van der Waals surface area contributed by atoms with E-state index in [1.807, 2.05) is 48.2 Å². The molecule has 0 spiro atoms. The van der Waals surface area contributed by atoms with Crippen molar-refractivity contribution in [3.8, 4) is 5.82 Å². The van der Waals surface area contributed by atoms with E-state index in [9.17, 15) is 4.79 Å². The lowest BCUT2D eigenvalue weighted by Gasteiger charge is -2.35. The minimum Gasteiger partial charge on any atom is -0.352 e. The van der Waals surface area contributed by atoms with Crippen molar-refractivity contribution in [1.29, 1.82) is 0 Å². The molecule has 1 saturated heterocycles. The Balaban J connectivity index is 1.39. The van der Waals surface area contributed by atoms with Crippen LogP contribution < -0.4 is 4.90 Å². The third-order valence-electron chi connectivity index (χ3n) is 4.48. The molecular formula is C18H19N7O. The number of aryl methyl sites for hydroxylation is 1. The van der Waals surface area contributed by atoms with Gasteiger partial charge in [0.1, 0.15) is 12.7 Å². The fourth-order valence-electron chi connectivity index (χ4n) is 2.95. The summed E-state index contributed by atoms with van der Waals surface area (Å²) >= 11 is 0. The van der Waals surface area contributed by atoms with Crippen molar-refractivity contribution in [2.75, 3.05) is 31.1 Å². The highest BCUT2D eigenvalue weighted by Crippen LogP contribution is 2.15. The number of carbonyl (C=O) groups excluding carboxylic acids is 1. The molecule has 26 heavy (non-hydrogen) atoms. The van der Waals surface area contributed by atoms with E-state index < -0.39 is 0 Å². The van der Waals surface area contributed by atoms with Gasteiger partial charge < -0.3 is 9.80 Å². The van der Waals surface area contributed by atoms with E-state index in [2.05, 4.69) is 25.2 Å². The van der Waals surface area contributed by atoms with E-state index in [1.165, 1.54) is 6.33 Å². The second kappa shape index (κ2) is 6.91. The summed E-state index contributed by atoms with van der Waals surface area (Å²) in [5.41, 5.74) is 1.89. The Morgan fingerprint density at radius 1 is 0.923 bits per heavy atom. The number of anilines is 1. The number of benzene rings is 1. The van der Waals surface area contributed by atoms with Crippen molar-refractivity contribution in [2.24, 2.45) is 0 Å². The van der Waals surface area contributed by atoms with Crippen LogP contribution in [0.25, 0.3) is 5.82 Å². The van der Waals surface area contributed by atoms with E-state index >= 15 is 0 Å². The van der Waals surface area contributed by atoms with Crippen LogP contribution in [0, 0.1) is 6.92 Å². The van der Waals surface area contributed by atoms with Crippen LogP contribution in [0.15, 0.2) is 49.1 Å². The molecule has 1 aliphatic heterocycles. The first-order valence-electron chi connectivity index (χ1n) is 8.50. The molecule has 1 aromatic carbocycles. The first-order valence-corrected chi connectivity index (χ1v) is 8.50. The highest BCUT2D eigenvalue weighted by atomic mass is 16.2. The molecule has 2 aromatic heterocycles. The van der Waals surface area contributed by atoms with Crippen LogP contribution in [-0.2, 0) is 0 Å². The van der Waals surface area contributed by atoms with Gasteiger partial charge in [-0.3, -0.25) is 4.79 Å². The van der Waals surface area contributed by atoms with Crippen LogP contribution in [0.2, 0.25) is 0 Å². The zero-order chi connectivity index (χ0) is 17.9. The van der Waals surface area contributed by atoms with Gasteiger partial charge >= 0.3 is 0 Å². The predicted molar refractivity (Wildman–Crippen MR) is 96.2 cm³/mol. The van der Waals surface area contributed by atoms with Gasteiger partial charge in [-0.1, -0.05) is 17.7 Å². The van der Waals surface area contributed by atoms with E-state index in [0.717, 1.165) is 30.0 Å². The molecule has 0 radical (unpaired) electrons. The van der Waals surface area contributed by atoms with Gasteiger partial charge in [0.05, 0.1) is 0 Å². The van der Waals surface area contributed by atoms with Crippen molar-refractivity contribution >= 4 is 11.7 Å². The maximum atomic E-state index is 12.6. The molecule has 0 bridgehead atoms. The van der Waals surface area contributed by atoms with Crippen LogP contribution in [0.4, 0.5) is 5.82 Å². The molecule has 3 aromatic rings. The Labute approximate surface area is 151 Å². The Kier molecular flexibility index (Phi) is 4.30. The Bertz CT molecular complexity index is 867. The molecule has 0 saturated carbocycles. The first kappa shape index (κ1) is 16.2. The third-order valence-corrected chi connectivity index (χ3v) is 4.48. The van der Waals surface area contributed by atoms with Crippen LogP contribution in [0.5, 0.6) is 0 Å². The van der Waals surface area contributed by atoms with Crippen LogP contribution in [-0.4, -0.2) is 61.9 Å². The number of nitrogens with zero attached hydrogens (tertiary/aromatic N) is 7. The summed E-state index contributed by atoms with van der Waals surface area (Å²) in [5, 5.41) is 12.5. The summed E-state index contributed by atoms with van der Waals surface area (Å²) in [6.45, 7) is 4.81. The molecule has 0 aliphatic carbocycles. The van der Waals surface area contributed by atoms with E-state index in [4.69, 9.17) is 0 Å². The van der Waals surface area contributed by atoms with Gasteiger partial charge in [-0.05, 0) is 31.2 Å². The topological polar surface area (TPSA) is 80.0 Å². The van der Waals surface area contributed by atoms with Crippen LogP contribution in [0.1, 0.15) is 15.9 Å². The number of carbonyl (C=O) groups is 1. The second-order valence-electron chi connectivity index (χ2n) is 6.24. The first-order chi connectivity index (χ1) is 12.7. The van der Waals surface area contributed by atoms with Crippen molar-refractivity contribution in [3.05, 3.63) is 60.2 Å². The number of aromatic nitrogens is 5. The Hall–Kier alpha value is -3.29. The maximum Gasteiger partial charge on any atom is 0.253 e. The Morgan fingerprint density at radius 2 is 1.62 bits per heavy atom. The standard InChI is InChI=1S/C18H19N7O/c1-14-2-4-15(5-3-14)18(26)24-10-8-23(9-11-24)16-6-7-17(22-21-16)25-13-19-12-20-25/h2-7,12-13H,8-11H2,1H3. The van der Waals surface area contributed by atoms with Crippen LogP contribution >= 0.6 is 0 Å². The van der Waals surface area contributed by atoms with E-state index in [1.54, 1.807) is 11.0 Å². The molecule has 0 unspecified atom stereocenters. The zero-order valence-electron chi connectivity index (χ0n) is 14.5. The van der Waals surface area contributed by atoms with Crippen molar-refractivity contribution in [2.45, 2.75) is 6.92 Å². The lowest BCUT2D eigenvalue weighted by molar-refractivity contribution is 0.0746. The van der Waals surface area contributed by atoms with Gasteiger partial charge in [-0.25, -0.2) is 9.67 Å². The SMILES string of the molecule is Cc1ccc(C(=O)N2CCN(c3ccc(-n4cncn4)nn3)CC2)cc1. The lowest BCUT2D eigenvalue weighted by atomic mass is 10.1. The molecule has 8 nitrogen and oxygen atoms in total. The fourth-order valence-corrected chi connectivity index (χ4v) is 2.95. The quantitative estimate of drug-likeness (QED) is 0.710. The van der Waals surface area contributed by atoms with Gasteiger partial charge in [0.2, 0.25) is 0 Å². The average Bonchev–Trinajstić information content (AvgIpc) is 3.23. The molecule has 1 aliphatic rings. The number of hydrogen-bond acceptors (Lipinski definition) is 6. The minimum atomic E-state index is 0.0808. The Morgan fingerprint density at radius 3 is 2.23 bits per heavy atom. The molecule has 1 fully saturated rings. The molecule has 132 valence electrons. The summed E-state index contributed by atoms with van der Waals surface area (Å²) in [6.07, 6.45) is 3.04. The number of amides is 1. The average molecular weight is 349 g/mol. The van der Waals surface area contributed by atoms with Gasteiger partial charge in [0.15, 0.2) is 11.6 Å². The molecule has 4 rings (SSSR count). The van der Waals surface area contributed by atoms with E-state index in [0.29, 0.717) is 18.9 Å². The second-order valence-corrected chi connectivity index (χ2v) is 6.24. The molecule has 3 heterocycles. The van der Waals surface area contributed by atoms with Crippen molar-refractivity contribution < 1.29 is 4.79 Å². The van der Waals surface area contributed by atoms with Gasteiger partial charge in [-0.2, -0.15) is 5.10 Å². The fraction of sp³-hybridized carbons (Fsp3) is 0.278. The largest absolute Gasteiger partial charge is 0.352 e. The molecule has 8 heteroatoms. The number of hydrogen-bond donors (Lipinski definition) is 0. The normalized spacial score (nSPS) is 14.5. The summed E-state index contributed by atoms with van der Waals surface area (Å²) in [5.74, 6) is 1.51. The van der Waals surface area contributed by atoms with Gasteiger partial charge in [-0.15, -0.1) is 10.2 Å². The van der Waals surface area contributed by atoms with E-state index in [-0.39, 0.29) is 5.91 Å². The lowest BCUT2D eigenvalue weighted by Crippen LogP contribution is -2.49. The van der Waals surface area contributed by atoms with Crippen LogP contribution in [0.3, 0.4) is 0 Å². The predicted octanol–water partition coefficient (Wildman–Crippen LogP) is 1.33. The maximum absolute atomic E-state index is 12.6. The monoisotopic (exact) mass is 349 g/mol. The third kappa shape index (κ3) is 3.26. The number of piperazine rings is 1. The summed E-state index contributed by atoms with van der Waals surface area (Å²) in [4.78, 5) is 20.5. The zero-order valence-corrected chi connectivity index (χ0v) is 14.5. The molecule has 0 atom stereocenters. The summed E-state index contributed by atoms with van der Waals surface area (Å²) < 4.78 is 1.56. The molecular weight excluding hydrogens is 330 g/mol. The smallest absolute Gasteiger partial charge is 0.253 e. The highest BCUT2D eigenvalue weighted by molar-refractivity contribution is 5.94. The molecule has 1 amide bonds.